The van der Waals surface area contributed by atoms with Crippen molar-refractivity contribution in [1.82, 2.24) is 0 Å². The van der Waals surface area contributed by atoms with Gasteiger partial charge in [-0.25, -0.2) is 65.9 Å². The molecular formula is C18F15Si. The molecule has 0 bridgehead atoms. The molecule has 0 spiro atoms. The summed E-state index contributed by atoms with van der Waals surface area (Å²) in [6, 6.07) is 0. The highest BCUT2D eigenvalue weighted by Gasteiger charge is 2.44. The summed E-state index contributed by atoms with van der Waals surface area (Å²) in [5.74, 6) is -44.8. The van der Waals surface area contributed by atoms with Crippen LogP contribution in [0, 0.1) is 87.3 Å². The van der Waals surface area contributed by atoms with E-state index in [0.717, 1.165) is 0 Å². The molecule has 0 fully saturated rings. The van der Waals surface area contributed by atoms with Gasteiger partial charge in [0.25, 0.3) is 0 Å². The zero-order valence-electron chi connectivity index (χ0n) is 15.2. The largest absolute Gasteiger partial charge is 0.204 e. The van der Waals surface area contributed by atoms with E-state index in [4.69, 9.17) is 0 Å². The molecule has 34 heavy (non-hydrogen) atoms. The SMILES string of the molecule is Fc1c(F)c(F)c([Si](c2c(F)c(F)c(F)c(F)c2F)c2c(F)c(F)c(F)c(F)c2F)c(F)c1F. The monoisotopic (exact) mass is 529 g/mol. The predicted octanol–water partition coefficient (Wildman–Crippen LogP) is 4.29. The van der Waals surface area contributed by atoms with Crippen LogP contribution in [-0.4, -0.2) is 8.80 Å². The average Bonchev–Trinajstić information content (AvgIpc) is 2.81. The predicted molar refractivity (Wildman–Crippen MR) is 83.4 cm³/mol. The topological polar surface area (TPSA) is 0 Å². The van der Waals surface area contributed by atoms with Crippen molar-refractivity contribution >= 4 is 24.4 Å². The Kier molecular flexibility index (Phi) is 6.40. The summed E-state index contributed by atoms with van der Waals surface area (Å²) in [6.45, 7) is 0. The third-order valence-corrected chi connectivity index (χ3v) is 7.20. The molecule has 3 aromatic carbocycles. The highest BCUT2D eigenvalue weighted by Crippen LogP contribution is 2.23. The van der Waals surface area contributed by atoms with Crippen LogP contribution in [0.5, 0.6) is 0 Å². The Morgan fingerprint density at radius 3 is 0.471 bits per heavy atom. The maximum atomic E-state index is 14.4. The third kappa shape index (κ3) is 3.42. The van der Waals surface area contributed by atoms with Crippen molar-refractivity contribution in [1.29, 1.82) is 0 Å². The lowest BCUT2D eigenvalue weighted by Crippen LogP contribution is -2.60. The molecule has 0 aromatic heterocycles. The molecule has 0 aliphatic heterocycles. The summed E-state index contributed by atoms with van der Waals surface area (Å²) in [7, 11) is -5.43. The van der Waals surface area contributed by atoms with Gasteiger partial charge in [-0.15, -0.1) is 0 Å². The van der Waals surface area contributed by atoms with Gasteiger partial charge in [-0.1, -0.05) is 0 Å². The van der Waals surface area contributed by atoms with Crippen LogP contribution < -0.4 is 15.6 Å². The highest BCUT2D eigenvalue weighted by molar-refractivity contribution is 6.95. The van der Waals surface area contributed by atoms with Crippen LogP contribution in [0.2, 0.25) is 0 Å². The van der Waals surface area contributed by atoms with E-state index in [0.29, 0.717) is 0 Å². The molecule has 0 amide bonds. The minimum absolute atomic E-state index is 2.58. The van der Waals surface area contributed by atoms with Crippen molar-refractivity contribution in [3.8, 4) is 0 Å². The Morgan fingerprint density at radius 1 is 0.206 bits per heavy atom. The standard InChI is InChI=1S/C18F15Si/c19-1-4(22)10(28)16(11(29)5(1)23)34(17-12(30)6(24)2(20)7(25)13(17)31)18-14(32)8(26)3(21)9(27)15(18)33. The lowest BCUT2D eigenvalue weighted by molar-refractivity contribution is 0.380. The van der Waals surface area contributed by atoms with E-state index in [9.17, 15) is 65.9 Å². The van der Waals surface area contributed by atoms with Gasteiger partial charge < -0.3 is 0 Å². The van der Waals surface area contributed by atoms with Crippen molar-refractivity contribution in [2.75, 3.05) is 0 Å². The van der Waals surface area contributed by atoms with Crippen LogP contribution >= 0.6 is 0 Å². The molecule has 16 heteroatoms. The lowest BCUT2D eigenvalue weighted by Gasteiger charge is -2.22. The number of hydrogen-bond acceptors (Lipinski definition) is 0. The minimum Gasteiger partial charge on any atom is -0.204 e. The molecular weight excluding hydrogens is 529 g/mol. The van der Waals surface area contributed by atoms with Gasteiger partial charge in [0, 0.05) is 15.6 Å². The van der Waals surface area contributed by atoms with Crippen molar-refractivity contribution in [2.24, 2.45) is 0 Å². The number of rotatable bonds is 3. The maximum absolute atomic E-state index is 14.4. The first-order valence-electron chi connectivity index (χ1n) is 8.08. The van der Waals surface area contributed by atoms with E-state index in [2.05, 4.69) is 0 Å². The fourth-order valence-electron chi connectivity index (χ4n) is 2.85. The Labute approximate surface area is 178 Å². The molecule has 0 saturated carbocycles. The molecule has 0 aliphatic carbocycles. The molecule has 181 valence electrons. The first-order valence-corrected chi connectivity index (χ1v) is 9.58. The minimum atomic E-state index is -5.43. The van der Waals surface area contributed by atoms with Crippen LogP contribution in [0.3, 0.4) is 0 Å². The van der Waals surface area contributed by atoms with Crippen LogP contribution in [0.25, 0.3) is 0 Å². The first kappa shape index (κ1) is 25.4. The van der Waals surface area contributed by atoms with E-state index in [1.54, 1.807) is 0 Å². The van der Waals surface area contributed by atoms with Crippen LogP contribution in [0.4, 0.5) is 65.9 Å². The molecule has 0 aliphatic rings. The fourth-order valence-corrected chi connectivity index (χ4v) is 5.57. The van der Waals surface area contributed by atoms with Crippen LogP contribution in [-0.2, 0) is 0 Å². The van der Waals surface area contributed by atoms with Crippen molar-refractivity contribution in [2.45, 2.75) is 0 Å². The van der Waals surface area contributed by atoms with Gasteiger partial charge in [-0.3, -0.25) is 0 Å². The molecule has 0 heterocycles. The van der Waals surface area contributed by atoms with E-state index in [-0.39, 0.29) is 0 Å². The lowest BCUT2D eigenvalue weighted by atomic mass is 10.3. The molecule has 0 saturated heterocycles. The van der Waals surface area contributed by atoms with E-state index in [1.807, 2.05) is 0 Å². The number of hydrogen-bond donors (Lipinski definition) is 0. The van der Waals surface area contributed by atoms with Gasteiger partial charge in [0.2, 0.25) is 17.5 Å². The average molecular weight is 529 g/mol. The van der Waals surface area contributed by atoms with Crippen LogP contribution in [0.1, 0.15) is 0 Å². The summed E-state index contributed by atoms with van der Waals surface area (Å²) >= 11 is 0. The molecule has 0 nitrogen and oxygen atoms in total. The number of benzene rings is 3. The molecule has 0 atom stereocenters. The van der Waals surface area contributed by atoms with Crippen molar-refractivity contribution < 1.29 is 65.9 Å². The zero-order valence-corrected chi connectivity index (χ0v) is 16.2. The highest BCUT2D eigenvalue weighted by atomic mass is 28.3. The number of halogens is 15. The third-order valence-electron chi connectivity index (χ3n) is 4.38. The Hall–Kier alpha value is -3.17. The normalized spacial score (nSPS) is 11.6. The second kappa shape index (κ2) is 8.55. The zero-order chi connectivity index (χ0) is 26.0. The Bertz CT molecular complexity index is 1110. The van der Waals surface area contributed by atoms with Gasteiger partial charge in [0.1, 0.15) is 0 Å². The summed E-state index contributed by atoms with van der Waals surface area (Å²) in [5.41, 5.74) is 0. The maximum Gasteiger partial charge on any atom is 0.200 e. The van der Waals surface area contributed by atoms with Crippen molar-refractivity contribution in [3.05, 3.63) is 87.3 Å². The van der Waals surface area contributed by atoms with Gasteiger partial charge in [-0.2, -0.15) is 0 Å². The summed E-state index contributed by atoms with van der Waals surface area (Å²) < 4.78 is 209. The van der Waals surface area contributed by atoms with Gasteiger partial charge in [0.15, 0.2) is 78.6 Å². The van der Waals surface area contributed by atoms with E-state index >= 15 is 0 Å². The molecule has 0 N–H and O–H groups in total. The molecule has 0 unspecified atom stereocenters. The Balaban J connectivity index is 2.68. The fraction of sp³-hybridized carbons (Fsp3) is 0. The quantitative estimate of drug-likeness (QED) is 0.156. The summed E-state index contributed by atoms with van der Waals surface area (Å²) in [6.07, 6.45) is 0. The second-order valence-electron chi connectivity index (χ2n) is 6.21. The molecule has 3 rings (SSSR count). The summed E-state index contributed by atoms with van der Waals surface area (Å²) in [5, 5.41) is -7.73. The summed E-state index contributed by atoms with van der Waals surface area (Å²) in [4.78, 5) is 0. The van der Waals surface area contributed by atoms with Crippen LogP contribution in [0.15, 0.2) is 0 Å². The van der Waals surface area contributed by atoms with Crippen molar-refractivity contribution in [3.63, 3.8) is 0 Å². The van der Waals surface area contributed by atoms with Gasteiger partial charge in [0.05, 0.1) is 0 Å². The Morgan fingerprint density at radius 2 is 0.324 bits per heavy atom. The first-order chi connectivity index (χ1) is 15.7. The molecule has 3 aromatic rings. The molecule has 1 radical (unpaired) electrons. The smallest absolute Gasteiger partial charge is 0.200 e. The van der Waals surface area contributed by atoms with E-state index < -0.39 is 112 Å². The van der Waals surface area contributed by atoms with Gasteiger partial charge >= 0.3 is 0 Å². The van der Waals surface area contributed by atoms with E-state index in [1.165, 1.54) is 0 Å². The second-order valence-corrected chi connectivity index (χ2v) is 8.46. The van der Waals surface area contributed by atoms with Gasteiger partial charge in [-0.05, 0) is 0 Å².